The van der Waals surface area contributed by atoms with E-state index >= 15 is 0 Å². The van der Waals surface area contributed by atoms with Gasteiger partial charge in [0.1, 0.15) is 0 Å². The molecule has 0 spiro atoms. The standard InChI is InChI=1S/C6H14.C3H6.C2H6/c1-4-6(3)5-2;1-3-2;1-2/h6H,4-5H2,1-3H3;3H,1H2,2H3;1-2H3. The van der Waals surface area contributed by atoms with E-state index in [-0.39, 0.29) is 0 Å². The van der Waals surface area contributed by atoms with Gasteiger partial charge in [-0.15, -0.1) is 6.58 Å². The monoisotopic (exact) mass is 158 g/mol. The normalized spacial score (nSPS) is 7.18. The summed E-state index contributed by atoms with van der Waals surface area (Å²) in [6, 6.07) is 0. The van der Waals surface area contributed by atoms with Crippen molar-refractivity contribution in [2.75, 3.05) is 0 Å². The summed E-state index contributed by atoms with van der Waals surface area (Å²) in [4.78, 5) is 0. The van der Waals surface area contributed by atoms with Crippen LogP contribution in [0.5, 0.6) is 0 Å². The summed E-state index contributed by atoms with van der Waals surface area (Å²) in [5.41, 5.74) is 0. The van der Waals surface area contributed by atoms with Crippen LogP contribution in [0.15, 0.2) is 12.7 Å². The fourth-order valence-corrected chi connectivity index (χ4v) is 0.289. The van der Waals surface area contributed by atoms with Crippen LogP contribution in [0.4, 0.5) is 0 Å². The molecule has 0 aromatic carbocycles. The Labute approximate surface area is 73.7 Å². The van der Waals surface area contributed by atoms with E-state index in [4.69, 9.17) is 0 Å². The van der Waals surface area contributed by atoms with Crippen molar-refractivity contribution < 1.29 is 0 Å². The van der Waals surface area contributed by atoms with Gasteiger partial charge in [-0.2, -0.15) is 0 Å². The van der Waals surface area contributed by atoms with Crippen molar-refractivity contribution in [2.24, 2.45) is 5.92 Å². The Bertz CT molecular complexity index is 42.0. The maximum Gasteiger partial charge on any atom is -0.0448 e. The van der Waals surface area contributed by atoms with Gasteiger partial charge in [0, 0.05) is 0 Å². The Hall–Kier alpha value is -0.260. The second-order valence-corrected chi connectivity index (χ2v) is 2.33. The second kappa shape index (κ2) is 22.6. The molecule has 0 aliphatic carbocycles. The summed E-state index contributed by atoms with van der Waals surface area (Å²) in [5.74, 6) is 0.935. The molecule has 0 unspecified atom stereocenters. The third-order valence-corrected chi connectivity index (χ3v) is 1.39. The molecule has 0 N–H and O–H groups in total. The van der Waals surface area contributed by atoms with E-state index < -0.39 is 0 Å². The predicted molar refractivity (Wildman–Crippen MR) is 57.0 cm³/mol. The smallest absolute Gasteiger partial charge is 0.0448 e. The van der Waals surface area contributed by atoms with E-state index in [0.717, 1.165) is 5.92 Å². The Morgan fingerprint density at radius 3 is 1.36 bits per heavy atom. The Morgan fingerprint density at radius 2 is 1.36 bits per heavy atom. The summed E-state index contributed by atoms with van der Waals surface area (Å²) >= 11 is 0. The molecule has 0 rings (SSSR count). The quantitative estimate of drug-likeness (QED) is 0.513. The maximum absolute atomic E-state index is 3.36. The van der Waals surface area contributed by atoms with Gasteiger partial charge in [0.05, 0.1) is 0 Å². The van der Waals surface area contributed by atoms with Gasteiger partial charge in [-0.25, -0.2) is 0 Å². The van der Waals surface area contributed by atoms with Crippen LogP contribution in [-0.2, 0) is 0 Å². The molecular formula is C11H26. The van der Waals surface area contributed by atoms with Gasteiger partial charge in [-0.3, -0.25) is 0 Å². The van der Waals surface area contributed by atoms with Crippen LogP contribution in [0.2, 0.25) is 0 Å². The molecule has 0 aliphatic heterocycles. The van der Waals surface area contributed by atoms with Crippen molar-refractivity contribution >= 4 is 0 Å². The largest absolute Gasteiger partial charge is 0.103 e. The van der Waals surface area contributed by atoms with E-state index in [1.807, 2.05) is 20.8 Å². The molecule has 0 aliphatic rings. The van der Waals surface area contributed by atoms with Crippen molar-refractivity contribution in [3.63, 3.8) is 0 Å². The number of rotatable bonds is 2. The van der Waals surface area contributed by atoms with E-state index in [9.17, 15) is 0 Å². The minimum Gasteiger partial charge on any atom is -0.103 e. The molecule has 11 heavy (non-hydrogen) atoms. The molecule has 70 valence electrons. The lowest BCUT2D eigenvalue weighted by Crippen LogP contribution is -1.85. The van der Waals surface area contributed by atoms with Crippen molar-refractivity contribution in [1.82, 2.24) is 0 Å². The van der Waals surface area contributed by atoms with Crippen LogP contribution in [-0.4, -0.2) is 0 Å². The lowest BCUT2D eigenvalue weighted by atomic mass is 10.1. The van der Waals surface area contributed by atoms with Crippen LogP contribution in [0, 0.1) is 5.92 Å². The predicted octanol–water partition coefficient (Wildman–Crippen LogP) is 4.66. The molecule has 0 atom stereocenters. The molecule has 0 heteroatoms. The van der Waals surface area contributed by atoms with Gasteiger partial charge in [-0.05, 0) is 12.8 Å². The highest BCUT2D eigenvalue weighted by Gasteiger charge is 1.88. The highest BCUT2D eigenvalue weighted by atomic mass is 13.9. The first-order valence-corrected chi connectivity index (χ1v) is 4.79. The Morgan fingerprint density at radius 1 is 1.18 bits per heavy atom. The minimum atomic E-state index is 0.935. The van der Waals surface area contributed by atoms with Crippen molar-refractivity contribution in [3.8, 4) is 0 Å². The van der Waals surface area contributed by atoms with Gasteiger partial charge in [-0.1, -0.05) is 53.5 Å². The zero-order chi connectivity index (χ0) is 9.70. The van der Waals surface area contributed by atoms with Gasteiger partial charge >= 0.3 is 0 Å². The van der Waals surface area contributed by atoms with Crippen LogP contribution in [0.3, 0.4) is 0 Å². The zero-order valence-electron chi connectivity index (χ0n) is 9.28. The average molecular weight is 158 g/mol. The summed E-state index contributed by atoms with van der Waals surface area (Å²) in [5, 5.41) is 0. The maximum atomic E-state index is 3.36. The summed E-state index contributed by atoms with van der Waals surface area (Å²) in [7, 11) is 0. The first-order valence-electron chi connectivity index (χ1n) is 4.79. The molecule has 0 aromatic rings. The lowest BCUT2D eigenvalue weighted by molar-refractivity contribution is 0.544. The first-order chi connectivity index (χ1) is 5.22. The van der Waals surface area contributed by atoms with E-state index in [0.29, 0.717) is 0 Å². The van der Waals surface area contributed by atoms with Gasteiger partial charge < -0.3 is 0 Å². The van der Waals surface area contributed by atoms with Crippen LogP contribution < -0.4 is 0 Å². The molecular weight excluding hydrogens is 132 g/mol. The molecule has 0 radical (unpaired) electrons. The molecule has 0 nitrogen and oxygen atoms in total. The van der Waals surface area contributed by atoms with Crippen LogP contribution >= 0.6 is 0 Å². The van der Waals surface area contributed by atoms with Gasteiger partial charge in [0.25, 0.3) is 0 Å². The van der Waals surface area contributed by atoms with E-state index in [2.05, 4.69) is 27.4 Å². The molecule has 0 aromatic heterocycles. The molecule has 0 fully saturated rings. The topological polar surface area (TPSA) is 0 Å². The third kappa shape index (κ3) is 41.7. The highest BCUT2D eigenvalue weighted by Crippen LogP contribution is 2.02. The molecule has 0 saturated heterocycles. The third-order valence-electron chi connectivity index (χ3n) is 1.39. The van der Waals surface area contributed by atoms with Crippen LogP contribution in [0.1, 0.15) is 54.4 Å². The Balaban J connectivity index is -0.000000109. The van der Waals surface area contributed by atoms with Crippen molar-refractivity contribution in [2.45, 2.75) is 54.4 Å². The van der Waals surface area contributed by atoms with E-state index in [1.165, 1.54) is 12.8 Å². The number of allylic oxidation sites excluding steroid dienone is 1. The van der Waals surface area contributed by atoms with Crippen molar-refractivity contribution in [3.05, 3.63) is 12.7 Å². The first kappa shape index (κ1) is 17.0. The average Bonchev–Trinajstić information content (AvgIpc) is 2.08. The van der Waals surface area contributed by atoms with E-state index in [1.54, 1.807) is 6.08 Å². The zero-order valence-corrected chi connectivity index (χ0v) is 9.28. The molecule has 0 amide bonds. The number of hydrogen-bond acceptors (Lipinski definition) is 0. The van der Waals surface area contributed by atoms with Crippen LogP contribution in [0.25, 0.3) is 0 Å². The van der Waals surface area contributed by atoms with Gasteiger partial charge in [0.15, 0.2) is 0 Å². The molecule has 0 heterocycles. The summed E-state index contributed by atoms with van der Waals surface area (Å²) < 4.78 is 0. The highest BCUT2D eigenvalue weighted by molar-refractivity contribution is 4.51. The second-order valence-electron chi connectivity index (χ2n) is 2.33. The SMILES string of the molecule is C=CC.CC.CCC(C)CC. The Kier molecular flexibility index (Phi) is 34.9. The molecule has 0 saturated carbocycles. The molecule has 0 bridgehead atoms. The summed E-state index contributed by atoms with van der Waals surface area (Å²) in [6.45, 7) is 16.0. The number of hydrogen-bond donors (Lipinski definition) is 0. The minimum absolute atomic E-state index is 0.935. The lowest BCUT2D eigenvalue weighted by Gasteiger charge is -1.98. The van der Waals surface area contributed by atoms with Crippen molar-refractivity contribution in [1.29, 1.82) is 0 Å². The fourth-order valence-electron chi connectivity index (χ4n) is 0.289. The fraction of sp³-hybridized carbons (Fsp3) is 0.818. The summed E-state index contributed by atoms with van der Waals surface area (Å²) in [6.07, 6.45) is 4.41. The van der Waals surface area contributed by atoms with Gasteiger partial charge in [0.2, 0.25) is 0 Å².